The smallest absolute Gasteiger partial charge is 0.186 e. The van der Waals surface area contributed by atoms with E-state index < -0.39 is 11.1 Å². The zero-order valence-corrected chi connectivity index (χ0v) is 10.2. The lowest BCUT2D eigenvalue weighted by Gasteiger charge is -2.04. The third-order valence-corrected chi connectivity index (χ3v) is 3.37. The quantitative estimate of drug-likeness (QED) is 0.866. The van der Waals surface area contributed by atoms with E-state index in [2.05, 4.69) is 15.9 Å². The first-order valence-corrected chi connectivity index (χ1v) is 6.82. The molecule has 5 heteroatoms. The van der Waals surface area contributed by atoms with Crippen LogP contribution in [0.25, 0.3) is 0 Å². The van der Waals surface area contributed by atoms with Crippen molar-refractivity contribution in [2.75, 3.05) is 6.26 Å². The van der Waals surface area contributed by atoms with Gasteiger partial charge >= 0.3 is 0 Å². The van der Waals surface area contributed by atoms with E-state index in [4.69, 9.17) is 4.55 Å². The number of hydrogen-bond acceptors (Lipinski definition) is 2. The van der Waals surface area contributed by atoms with Gasteiger partial charge in [-0.3, -0.25) is 0 Å². The van der Waals surface area contributed by atoms with Crippen LogP contribution in [0.1, 0.15) is 5.56 Å². The number of rotatable bonds is 3. The second kappa shape index (κ2) is 5.14. The standard InChI is InChI=1S/C8H9BrO2S2/c1-12-5-6-2-3-7(9)4-8(6)13(10)11/h2-4H,5H2,1H3,(H,10,11). The molecule has 0 fully saturated rings. The highest BCUT2D eigenvalue weighted by atomic mass is 79.9. The topological polar surface area (TPSA) is 37.3 Å². The monoisotopic (exact) mass is 280 g/mol. The molecule has 0 heterocycles. The van der Waals surface area contributed by atoms with Crippen molar-refractivity contribution in [3.05, 3.63) is 28.2 Å². The van der Waals surface area contributed by atoms with Crippen molar-refractivity contribution in [2.45, 2.75) is 10.6 Å². The summed E-state index contributed by atoms with van der Waals surface area (Å²) in [4.78, 5) is 0.490. The first-order valence-electron chi connectivity index (χ1n) is 3.53. The van der Waals surface area contributed by atoms with Gasteiger partial charge in [-0.15, -0.1) is 0 Å². The van der Waals surface area contributed by atoms with Gasteiger partial charge in [-0.05, 0) is 24.0 Å². The molecule has 1 rings (SSSR count). The van der Waals surface area contributed by atoms with Gasteiger partial charge in [-0.25, -0.2) is 4.21 Å². The van der Waals surface area contributed by atoms with Crippen LogP contribution in [-0.4, -0.2) is 15.0 Å². The third kappa shape index (κ3) is 3.09. The van der Waals surface area contributed by atoms with Crippen molar-refractivity contribution in [3.63, 3.8) is 0 Å². The van der Waals surface area contributed by atoms with E-state index in [1.54, 1.807) is 17.8 Å². The van der Waals surface area contributed by atoms with E-state index in [9.17, 15) is 4.21 Å². The molecule has 1 N–H and O–H groups in total. The van der Waals surface area contributed by atoms with Gasteiger partial charge < -0.3 is 4.55 Å². The zero-order chi connectivity index (χ0) is 9.84. The molecular formula is C8H9BrO2S2. The first kappa shape index (κ1) is 11.2. The van der Waals surface area contributed by atoms with Crippen LogP contribution in [0.3, 0.4) is 0 Å². The normalized spacial score (nSPS) is 12.8. The first-order chi connectivity index (χ1) is 6.15. The molecule has 2 nitrogen and oxygen atoms in total. The van der Waals surface area contributed by atoms with E-state index in [0.29, 0.717) is 4.90 Å². The molecule has 1 unspecified atom stereocenters. The van der Waals surface area contributed by atoms with E-state index >= 15 is 0 Å². The Balaban J connectivity index is 3.10. The molecule has 0 aliphatic rings. The zero-order valence-electron chi connectivity index (χ0n) is 6.99. The van der Waals surface area contributed by atoms with Crippen LogP contribution in [0.5, 0.6) is 0 Å². The predicted molar refractivity (Wildman–Crippen MR) is 60.4 cm³/mol. The van der Waals surface area contributed by atoms with Gasteiger partial charge in [0.1, 0.15) is 0 Å². The summed E-state index contributed by atoms with van der Waals surface area (Å²) in [6.07, 6.45) is 1.96. The third-order valence-electron chi connectivity index (χ3n) is 1.52. The summed E-state index contributed by atoms with van der Waals surface area (Å²) in [5.74, 6) is 0.759. The summed E-state index contributed by atoms with van der Waals surface area (Å²) in [6, 6.07) is 5.42. The molecule has 0 saturated heterocycles. The highest BCUT2D eigenvalue weighted by Gasteiger charge is 2.07. The largest absolute Gasteiger partial charge is 0.302 e. The molecule has 0 aliphatic carbocycles. The Kier molecular flexibility index (Phi) is 4.45. The lowest BCUT2D eigenvalue weighted by atomic mass is 10.2. The highest BCUT2D eigenvalue weighted by molar-refractivity contribution is 9.10. The average molecular weight is 281 g/mol. The van der Waals surface area contributed by atoms with Crippen molar-refractivity contribution in [3.8, 4) is 0 Å². The van der Waals surface area contributed by atoms with Crippen molar-refractivity contribution in [1.29, 1.82) is 0 Å². The van der Waals surface area contributed by atoms with E-state index in [-0.39, 0.29) is 0 Å². The van der Waals surface area contributed by atoms with Gasteiger partial charge in [-0.1, -0.05) is 22.0 Å². The molecule has 1 aromatic carbocycles. The lowest BCUT2D eigenvalue weighted by molar-refractivity contribution is 0.563. The van der Waals surface area contributed by atoms with Crippen LogP contribution in [-0.2, 0) is 16.8 Å². The molecule has 1 aromatic rings. The van der Waals surface area contributed by atoms with Gasteiger partial charge in [0.25, 0.3) is 0 Å². The predicted octanol–water partition coefficient (Wildman–Crippen LogP) is 2.89. The van der Waals surface area contributed by atoms with Crippen molar-refractivity contribution in [1.82, 2.24) is 0 Å². The fourth-order valence-corrected chi connectivity index (χ4v) is 2.72. The Hall–Kier alpha value is 0.160. The fourth-order valence-electron chi connectivity index (χ4n) is 0.966. The molecule has 0 radical (unpaired) electrons. The molecule has 0 spiro atoms. The molecule has 13 heavy (non-hydrogen) atoms. The number of thioether (sulfide) groups is 1. The summed E-state index contributed by atoms with van der Waals surface area (Å²) < 4.78 is 20.8. The fraction of sp³-hybridized carbons (Fsp3) is 0.250. The average Bonchev–Trinajstić information content (AvgIpc) is 2.08. The SMILES string of the molecule is CSCc1ccc(Br)cc1S(=O)O. The maximum absolute atomic E-state index is 10.9. The molecule has 0 amide bonds. The van der Waals surface area contributed by atoms with Crippen LogP contribution in [0.4, 0.5) is 0 Å². The van der Waals surface area contributed by atoms with Crippen molar-refractivity contribution >= 4 is 38.8 Å². The Morgan fingerprint density at radius 3 is 2.85 bits per heavy atom. The molecule has 1 atom stereocenters. The van der Waals surface area contributed by atoms with Crippen LogP contribution in [0, 0.1) is 0 Å². The second-order valence-corrected chi connectivity index (χ2v) is 5.15. The van der Waals surface area contributed by atoms with E-state index in [1.165, 1.54) is 0 Å². The van der Waals surface area contributed by atoms with Crippen LogP contribution >= 0.6 is 27.7 Å². The second-order valence-electron chi connectivity index (χ2n) is 2.43. The molecule has 0 saturated carbocycles. The highest BCUT2D eigenvalue weighted by Crippen LogP contribution is 2.22. The molecule has 0 aromatic heterocycles. The van der Waals surface area contributed by atoms with Crippen LogP contribution < -0.4 is 0 Å². The van der Waals surface area contributed by atoms with Crippen LogP contribution in [0.2, 0.25) is 0 Å². The maximum Gasteiger partial charge on any atom is 0.186 e. The summed E-state index contributed by atoms with van der Waals surface area (Å²) in [6.45, 7) is 0. The lowest BCUT2D eigenvalue weighted by Crippen LogP contribution is -1.94. The van der Waals surface area contributed by atoms with E-state index in [0.717, 1.165) is 15.8 Å². The van der Waals surface area contributed by atoms with Crippen molar-refractivity contribution in [2.24, 2.45) is 0 Å². The van der Waals surface area contributed by atoms with Crippen molar-refractivity contribution < 1.29 is 8.76 Å². The Labute approximate surface area is 92.5 Å². The maximum atomic E-state index is 10.9. The van der Waals surface area contributed by atoms with E-state index in [1.807, 2.05) is 18.4 Å². The van der Waals surface area contributed by atoms with Gasteiger partial charge in [-0.2, -0.15) is 11.8 Å². The number of hydrogen-bond donors (Lipinski definition) is 1. The molecule has 0 bridgehead atoms. The van der Waals surface area contributed by atoms with Gasteiger partial charge in [0.15, 0.2) is 11.1 Å². The summed E-state index contributed by atoms with van der Waals surface area (Å²) in [7, 11) is 0. The van der Waals surface area contributed by atoms with Gasteiger partial charge in [0.2, 0.25) is 0 Å². The number of benzene rings is 1. The van der Waals surface area contributed by atoms with Gasteiger partial charge in [0, 0.05) is 10.2 Å². The van der Waals surface area contributed by atoms with Crippen LogP contribution in [0.15, 0.2) is 27.6 Å². The summed E-state index contributed by atoms with van der Waals surface area (Å²) in [5.41, 5.74) is 0.913. The minimum atomic E-state index is -1.90. The minimum Gasteiger partial charge on any atom is -0.302 e. The van der Waals surface area contributed by atoms with Gasteiger partial charge in [0.05, 0.1) is 4.90 Å². The molecule has 0 aliphatic heterocycles. The summed E-state index contributed by atoms with van der Waals surface area (Å²) in [5, 5.41) is 0. The Morgan fingerprint density at radius 2 is 2.31 bits per heavy atom. The molecular weight excluding hydrogens is 272 g/mol. The Morgan fingerprint density at radius 1 is 1.62 bits per heavy atom. The molecule has 72 valence electrons. The Bertz CT molecular complexity index is 328. The summed E-state index contributed by atoms with van der Waals surface area (Å²) >= 11 is 3.00. The minimum absolute atomic E-state index is 0.490. The number of halogens is 1.